The molecule has 13 heavy (non-hydrogen) atoms. The third-order valence-electron chi connectivity index (χ3n) is 1.33. The highest BCUT2D eigenvalue weighted by molar-refractivity contribution is 9.10. The molecule has 70 valence electrons. The Balaban J connectivity index is 3.50. The largest absolute Gasteiger partial charge is 0.478 e. The van der Waals surface area contributed by atoms with Crippen LogP contribution in [0.15, 0.2) is 10.5 Å². The van der Waals surface area contributed by atoms with Crippen molar-refractivity contribution in [1.82, 2.24) is 0 Å². The number of carboxylic acids is 1. The maximum Gasteiger partial charge on any atom is 0.337 e. The maximum absolute atomic E-state index is 12.7. The number of halogens is 4. The molecule has 1 rings (SSSR count). The maximum atomic E-state index is 12.7. The van der Waals surface area contributed by atoms with E-state index in [0.717, 1.165) is 0 Å². The van der Waals surface area contributed by atoms with Gasteiger partial charge in [0.05, 0.1) is 15.1 Å². The van der Waals surface area contributed by atoms with Gasteiger partial charge in [-0.05, 0) is 22.0 Å². The topological polar surface area (TPSA) is 37.3 Å². The lowest BCUT2D eigenvalue weighted by molar-refractivity contribution is 0.0696. The fourth-order valence-electron chi connectivity index (χ4n) is 0.728. The van der Waals surface area contributed by atoms with Gasteiger partial charge in [-0.25, -0.2) is 13.6 Å². The second-order valence-corrected chi connectivity index (χ2v) is 3.32. The summed E-state index contributed by atoms with van der Waals surface area (Å²) in [6.45, 7) is 0. The van der Waals surface area contributed by atoms with Crippen LogP contribution in [0.2, 0.25) is 5.02 Å². The highest BCUT2D eigenvalue weighted by atomic mass is 79.9. The second-order valence-electron chi connectivity index (χ2n) is 2.15. The van der Waals surface area contributed by atoms with Crippen LogP contribution in [0.25, 0.3) is 0 Å². The standard InChI is InChI=1S/C7H2BrClF2O2/c8-4-5(9)2(7(12)13)1-3(10)6(4)11/h1H,(H,12,13). The van der Waals surface area contributed by atoms with Crippen LogP contribution in [0.5, 0.6) is 0 Å². The Bertz CT molecular complexity index is 381. The lowest BCUT2D eigenvalue weighted by atomic mass is 10.2. The monoisotopic (exact) mass is 270 g/mol. The Morgan fingerprint density at radius 1 is 1.54 bits per heavy atom. The third-order valence-corrected chi connectivity index (χ3v) is 2.70. The van der Waals surface area contributed by atoms with Crippen molar-refractivity contribution >= 4 is 33.5 Å². The van der Waals surface area contributed by atoms with Crippen molar-refractivity contribution in [3.05, 3.63) is 32.8 Å². The smallest absolute Gasteiger partial charge is 0.337 e. The van der Waals surface area contributed by atoms with Gasteiger partial charge in [-0.15, -0.1) is 0 Å². The van der Waals surface area contributed by atoms with E-state index >= 15 is 0 Å². The second kappa shape index (κ2) is 3.59. The molecule has 0 radical (unpaired) electrons. The fraction of sp³-hybridized carbons (Fsp3) is 0. The summed E-state index contributed by atoms with van der Waals surface area (Å²) >= 11 is 8.07. The first-order valence-electron chi connectivity index (χ1n) is 3.01. The highest BCUT2D eigenvalue weighted by Gasteiger charge is 2.18. The Morgan fingerprint density at radius 2 is 2.08 bits per heavy atom. The van der Waals surface area contributed by atoms with E-state index in [1.807, 2.05) is 0 Å². The SMILES string of the molecule is O=C(O)c1cc(F)c(F)c(Br)c1Cl. The van der Waals surface area contributed by atoms with Crippen molar-refractivity contribution in [2.24, 2.45) is 0 Å². The van der Waals surface area contributed by atoms with Crippen LogP contribution in [0, 0.1) is 11.6 Å². The van der Waals surface area contributed by atoms with Crippen LogP contribution < -0.4 is 0 Å². The third kappa shape index (κ3) is 1.81. The van der Waals surface area contributed by atoms with Crippen molar-refractivity contribution < 1.29 is 18.7 Å². The summed E-state index contributed by atoms with van der Waals surface area (Å²) in [7, 11) is 0. The van der Waals surface area contributed by atoms with Gasteiger partial charge in [-0.1, -0.05) is 11.6 Å². The summed E-state index contributed by atoms with van der Waals surface area (Å²) < 4.78 is 25.0. The number of carboxylic acid groups (broad SMARTS) is 1. The van der Waals surface area contributed by atoms with Crippen LogP contribution in [-0.4, -0.2) is 11.1 Å². The highest BCUT2D eigenvalue weighted by Crippen LogP contribution is 2.30. The normalized spacial score (nSPS) is 10.2. The van der Waals surface area contributed by atoms with E-state index in [4.69, 9.17) is 16.7 Å². The van der Waals surface area contributed by atoms with E-state index in [1.54, 1.807) is 0 Å². The van der Waals surface area contributed by atoms with Gasteiger partial charge in [0.1, 0.15) is 0 Å². The average molecular weight is 271 g/mol. The van der Waals surface area contributed by atoms with Gasteiger partial charge in [0.15, 0.2) is 11.6 Å². The van der Waals surface area contributed by atoms with Crippen LogP contribution in [0.3, 0.4) is 0 Å². The predicted octanol–water partition coefficient (Wildman–Crippen LogP) is 3.08. The van der Waals surface area contributed by atoms with E-state index in [2.05, 4.69) is 15.9 Å². The molecule has 0 aliphatic carbocycles. The Morgan fingerprint density at radius 3 is 2.54 bits per heavy atom. The number of aromatic carboxylic acids is 1. The number of benzene rings is 1. The molecule has 0 bridgehead atoms. The average Bonchev–Trinajstić information content (AvgIpc) is 2.07. The van der Waals surface area contributed by atoms with E-state index in [1.165, 1.54) is 0 Å². The molecule has 1 N–H and O–H groups in total. The van der Waals surface area contributed by atoms with E-state index in [9.17, 15) is 13.6 Å². The number of rotatable bonds is 1. The molecule has 6 heteroatoms. The fourth-order valence-corrected chi connectivity index (χ4v) is 1.35. The van der Waals surface area contributed by atoms with Crippen molar-refractivity contribution in [1.29, 1.82) is 0 Å². The van der Waals surface area contributed by atoms with E-state index in [-0.39, 0.29) is 9.50 Å². The molecule has 0 aliphatic heterocycles. The Kier molecular flexibility index (Phi) is 2.87. The van der Waals surface area contributed by atoms with Crippen molar-refractivity contribution in [3.8, 4) is 0 Å². The van der Waals surface area contributed by atoms with Gasteiger partial charge in [-0.2, -0.15) is 0 Å². The number of carbonyl (C=O) groups is 1. The summed E-state index contributed by atoms with van der Waals surface area (Å²) in [5.41, 5.74) is -0.479. The first-order chi connectivity index (χ1) is 5.95. The van der Waals surface area contributed by atoms with Gasteiger partial charge >= 0.3 is 5.97 Å². The van der Waals surface area contributed by atoms with Gasteiger partial charge in [-0.3, -0.25) is 0 Å². The zero-order valence-corrected chi connectivity index (χ0v) is 8.29. The molecule has 0 unspecified atom stereocenters. The quantitative estimate of drug-likeness (QED) is 0.629. The minimum atomic E-state index is -1.41. The van der Waals surface area contributed by atoms with Crippen LogP contribution in [-0.2, 0) is 0 Å². The zero-order valence-electron chi connectivity index (χ0n) is 5.94. The molecule has 1 aromatic rings. The van der Waals surface area contributed by atoms with Crippen molar-refractivity contribution in [2.45, 2.75) is 0 Å². The molecule has 0 spiro atoms. The first-order valence-corrected chi connectivity index (χ1v) is 4.18. The van der Waals surface area contributed by atoms with Gasteiger partial charge in [0.2, 0.25) is 0 Å². The summed E-state index contributed by atoms with van der Waals surface area (Å²) in [6.07, 6.45) is 0. The van der Waals surface area contributed by atoms with Crippen molar-refractivity contribution in [3.63, 3.8) is 0 Å². The molecule has 0 amide bonds. The molecule has 0 atom stereocenters. The Labute approximate surface area is 85.3 Å². The minimum Gasteiger partial charge on any atom is -0.478 e. The lowest BCUT2D eigenvalue weighted by Gasteiger charge is -2.03. The van der Waals surface area contributed by atoms with E-state index in [0.29, 0.717) is 6.07 Å². The molecular weight excluding hydrogens is 269 g/mol. The van der Waals surface area contributed by atoms with Crippen LogP contribution in [0.4, 0.5) is 8.78 Å². The number of hydrogen-bond donors (Lipinski definition) is 1. The molecule has 0 fully saturated rings. The van der Waals surface area contributed by atoms with E-state index < -0.39 is 23.2 Å². The van der Waals surface area contributed by atoms with Crippen LogP contribution in [0.1, 0.15) is 10.4 Å². The molecular formula is C7H2BrClF2O2. The first kappa shape index (κ1) is 10.4. The lowest BCUT2D eigenvalue weighted by Crippen LogP contribution is -2.01. The zero-order chi connectivity index (χ0) is 10.2. The molecule has 2 nitrogen and oxygen atoms in total. The molecule has 0 saturated heterocycles. The van der Waals surface area contributed by atoms with Gasteiger partial charge < -0.3 is 5.11 Å². The molecule has 0 aromatic heterocycles. The molecule has 1 aromatic carbocycles. The van der Waals surface area contributed by atoms with Gasteiger partial charge in [0, 0.05) is 0 Å². The van der Waals surface area contributed by atoms with Gasteiger partial charge in [0.25, 0.3) is 0 Å². The molecule has 0 heterocycles. The summed E-state index contributed by atoms with van der Waals surface area (Å²) in [4.78, 5) is 10.4. The molecule has 0 aliphatic rings. The summed E-state index contributed by atoms with van der Waals surface area (Å²) in [6, 6.07) is 0.532. The van der Waals surface area contributed by atoms with Crippen LogP contribution >= 0.6 is 27.5 Å². The summed E-state index contributed by atoms with van der Waals surface area (Å²) in [5.74, 6) is -3.87. The van der Waals surface area contributed by atoms with Crippen molar-refractivity contribution in [2.75, 3.05) is 0 Å². The number of hydrogen-bond acceptors (Lipinski definition) is 1. The predicted molar refractivity (Wildman–Crippen MR) is 46.0 cm³/mol. The minimum absolute atomic E-state index is 0.355. The summed E-state index contributed by atoms with van der Waals surface area (Å²) in [5, 5.41) is 8.16. The molecule has 0 saturated carbocycles. The Hall–Kier alpha value is -0.680.